The summed E-state index contributed by atoms with van der Waals surface area (Å²) < 4.78 is 0. The minimum absolute atomic E-state index is 0. The van der Waals surface area contributed by atoms with Crippen LogP contribution in [0, 0.1) is 0 Å². The number of aromatic nitrogens is 1. The van der Waals surface area contributed by atoms with E-state index in [9.17, 15) is 4.79 Å². The monoisotopic (exact) mass is 361 g/mol. The minimum atomic E-state index is -0.511. The van der Waals surface area contributed by atoms with E-state index < -0.39 is 5.91 Å². The van der Waals surface area contributed by atoms with Gasteiger partial charge >= 0.3 is 0 Å². The highest BCUT2D eigenvalue weighted by atomic mass is 127. The quantitative estimate of drug-likeness (QED) is 0.673. The topological polar surface area (TPSA) is 92.4 Å². The van der Waals surface area contributed by atoms with Crippen molar-refractivity contribution in [1.82, 2.24) is 15.6 Å². The van der Waals surface area contributed by atoms with Crippen LogP contribution in [0.25, 0.3) is 0 Å². The van der Waals surface area contributed by atoms with Crippen LogP contribution in [0.5, 0.6) is 0 Å². The van der Waals surface area contributed by atoms with Gasteiger partial charge in [0.25, 0.3) is 5.91 Å². The molecule has 0 saturated heterocycles. The Labute approximate surface area is 122 Å². The molecule has 0 aliphatic carbocycles. The summed E-state index contributed by atoms with van der Waals surface area (Å²) in [5, 5.41) is 6.33. The van der Waals surface area contributed by atoms with Crippen molar-refractivity contribution < 1.29 is 4.79 Å². The molecule has 6 nitrogen and oxygen atoms in total. The molecular weight excluding hydrogens is 345 g/mol. The lowest BCUT2D eigenvalue weighted by Gasteiger charge is -2.15. The number of carbonyl (C=O) groups excluding carboxylic acids is 1. The number of aliphatic imine (C=N–C) groups is 1. The number of pyridine rings is 1. The normalized spacial score (nSPS) is 13.9. The first-order valence-electron chi connectivity index (χ1n) is 5.52. The molecule has 0 saturated carbocycles. The lowest BCUT2D eigenvalue weighted by atomic mass is 10.2. The molecule has 1 aromatic heterocycles. The molecule has 1 aliphatic heterocycles. The molecule has 0 radical (unpaired) electrons. The number of nitrogens with zero attached hydrogens (tertiary/aromatic N) is 2. The van der Waals surface area contributed by atoms with Crippen molar-refractivity contribution in [3.05, 3.63) is 29.6 Å². The number of carbonyl (C=O) groups is 1. The van der Waals surface area contributed by atoms with E-state index in [0.29, 0.717) is 6.54 Å². The Balaban J connectivity index is 0.00000162. The van der Waals surface area contributed by atoms with E-state index in [2.05, 4.69) is 20.6 Å². The van der Waals surface area contributed by atoms with Crippen molar-refractivity contribution in [3.8, 4) is 0 Å². The molecule has 0 fully saturated rings. The van der Waals surface area contributed by atoms with Crippen LogP contribution in [0.1, 0.15) is 22.5 Å². The summed E-state index contributed by atoms with van der Waals surface area (Å²) in [6, 6.07) is 3.44. The zero-order valence-corrected chi connectivity index (χ0v) is 12.2. The number of guanidine groups is 1. The lowest BCUT2D eigenvalue weighted by Crippen LogP contribution is -2.40. The Morgan fingerprint density at radius 3 is 2.89 bits per heavy atom. The molecule has 1 amide bonds. The van der Waals surface area contributed by atoms with Gasteiger partial charge in [0.2, 0.25) is 0 Å². The van der Waals surface area contributed by atoms with Crippen LogP contribution in [-0.4, -0.2) is 29.9 Å². The van der Waals surface area contributed by atoms with Crippen LogP contribution >= 0.6 is 24.0 Å². The Morgan fingerprint density at radius 1 is 1.50 bits per heavy atom. The Hall–Kier alpha value is -1.38. The molecule has 7 heteroatoms. The van der Waals surface area contributed by atoms with Gasteiger partial charge in [0.05, 0.1) is 0 Å². The van der Waals surface area contributed by atoms with Crippen molar-refractivity contribution in [2.75, 3.05) is 13.1 Å². The zero-order valence-electron chi connectivity index (χ0n) is 9.85. The summed E-state index contributed by atoms with van der Waals surface area (Å²) in [4.78, 5) is 19.1. The lowest BCUT2D eigenvalue weighted by molar-refractivity contribution is 0.0995. The van der Waals surface area contributed by atoms with E-state index in [0.717, 1.165) is 31.0 Å². The van der Waals surface area contributed by atoms with Crippen LogP contribution in [0.4, 0.5) is 0 Å². The summed E-state index contributed by atoms with van der Waals surface area (Å²) >= 11 is 0. The van der Waals surface area contributed by atoms with Gasteiger partial charge in [-0.15, -0.1) is 24.0 Å². The van der Waals surface area contributed by atoms with E-state index in [1.165, 1.54) is 0 Å². The number of nitrogens with two attached hydrogens (primary N) is 1. The number of amides is 1. The number of hydrogen-bond donors (Lipinski definition) is 3. The molecule has 18 heavy (non-hydrogen) atoms. The van der Waals surface area contributed by atoms with Crippen molar-refractivity contribution in [2.45, 2.75) is 13.0 Å². The number of hydrogen-bond acceptors (Lipinski definition) is 5. The molecule has 1 aromatic rings. The fourth-order valence-electron chi connectivity index (χ4n) is 1.51. The van der Waals surface area contributed by atoms with E-state index in [-0.39, 0.29) is 29.7 Å². The van der Waals surface area contributed by atoms with Gasteiger partial charge in [-0.2, -0.15) is 0 Å². The second-order valence-corrected chi connectivity index (χ2v) is 3.78. The number of nitrogens with one attached hydrogen (secondary N) is 2. The van der Waals surface area contributed by atoms with Crippen LogP contribution in [0.2, 0.25) is 0 Å². The number of primary amides is 1. The number of rotatable bonds is 3. The third kappa shape index (κ3) is 4.13. The first-order chi connectivity index (χ1) is 8.25. The standard InChI is InChI=1S/C11H15N5O.HI/c12-10(17)9-3-2-8(6-15-9)7-16-11-13-4-1-5-14-11;/h2-3,6H,1,4-5,7H2,(H2,12,17)(H2,13,14,16);1H. The number of halogens is 1. The second-order valence-electron chi connectivity index (χ2n) is 3.78. The van der Waals surface area contributed by atoms with E-state index in [1.54, 1.807) is 12.3 Å². The largest absolute Gasteiger partial charge is 0.364 e. The van der Waals surface area contributed by atoms with Gasteiger partial charge < -0.3 is 16.4 Å². The summed E-state index contributed by atoms with van der Waals surface area (Å²) in [7, 11) is 0. The Morgan fingerprint density at radius 2 is 2.33 bits per heavy atom. The van der Waals surface area contributed by atoms with Crippen LogP contribution < -0.4 is 16.4 Å². The fraction of sp³-hybridized carbons (Fsp3) is 0.364. The average Bonchev–Trinajstić information content (AvgIpc) is 2.38. The molecular formula is C11H16IN5O. The molecule has 0 bridgehead atoms. The van der Waals surface area contributed by atoms with Crippen LogP contribution in [0.15, 0.2) is 23.3 Å². The van der Waals surface area contributed by atoms with Gasteiger partial charge in [-0.3, -0.25) is 14.8 Å². The van der Waals surface area contributed by atoms with Crippen LogP contribution in [0.3, 0.4) is 0 Å². The molecule has 0 spiro atoms. The predicted molar refractivity (Wildman–Crippen MR) is 79.9 cm³/mol. The molecule has 0 atom stereocenters. The summed E-state index contributed by atoms with van der Waals surface area (Å²) in [5.41, 5.74) is 6.36. The molecule has 1 aliphatic rings. The Bertz CT molecular complexity index is 432. The molecule has 0 aromatic carbocycles. The van der Waals surface area contributed by atoms with E-state index >= 15 is 0 Å². The van der Waals surface area contributed by atoms with Gasteiger partial charge in [0.1, 0.15) is 5.69 Å². The predicted octanol–water partition coefficient (Wildman–Crippen LogP) is 0.237. The maximum Gasteiger partial charge on any atom is 0.267 e. The highest BCUT2D eigenvalue weighted by Crippen LogP contribution is 1.99. The zero-order chi connectivity index (χ0) is 12.1. The van der Waals surface area contributed by atoms with Crippen molar-refractivity contribution >= 4 is 35.8 Å². The summed E-state index contributed by atoms with van der Waals surface area (Å²) in [6.45, 7) is 2.43. The first-order valence-corrected chi connectivity index (χ1v) is 5.52. The van der Waals surface area contributed by atoms with E-state index in [1.807, 2.05) is 6.07 Å². The molecule has 2 heterocycles. The summed E-state index contributed by atoms with van der Waals surface area (Å²) in [5.74, 6) is 0.304. The summed E-state index contributed by atoms with van der Waals surface area (Å²) in [6.07, 6.45) is 2.70. The Kier molecular flexibility index (Phi) is 5.83. The van der Waals surface area contributed by atoms with Gasteiger partial charge in [-0.25, -0.2) is 0 Å². The molecule has 0 unspecified atom stereocenters. The van der Waals surface area contributed by atoms with Crippen LogP contribution in [-0.2, 0) is 6.54 Å². The van der Waals surface area contributed by atoms with Gasteiger partial charge in [0, 0.05) is 25.8 Å². The maximum atomic E-state index is 10.8. The third-order valence-corrected chi connectivity index (χ3v) is 2.43. The highest BCUT2D eigenvalue weighted by molar-refractivity contribution is 14.0. The fourth-order valence-corrected chi connectivity index (χ4v) is 1.51. The third-order valence-electron chi connectivity index (χ3n) is 2.43. The van der Waals surface area contributed by atoms with Crippen molar-refractivity contribution in [1.29, 1.82) is 0 Å². The van der Waals surface area contributed by atoms with Crippen molar-refractivity contribution in [3.63, 3.8) is 0 Å². The molecule has 98 valence electrons. The van der Waals surface area contributed by atoms with Gasteiger partial charge in [-0.1, -0.05) is 6.07 Å². The molecule has 2 rings (SSSR count). The minimum Gasteiger partial charge on any atom is -0.364 e. The van der Waals surface area contributed by atoms with E-state index in [4.69, 9.17) is 5.73 Å². The first kappa shape index (κ1) is 14.7. The maximum absolute atomic E-state index is 10.8. The average molecular weight is 361 g/mol. The second kappa shape index (κ2) is 7.14. The van der Waals surface area contributed by atoms with Crippen molar-refractivity contribution in [2.24, 2.45) is 10.7 Å². The smallest absolute Gasteiger partial charge is 0.267 e. The highest BCUT2D eigenvalue weighted by Gasteiger charge is 2.04. The van der Waals surface area contributed by atoms with Gasteiger partial charge in [0.15, 0.2) is 5.96 Å². The SMILES string of the molecule is I.NC(=O)c1ccc(CNC2=NCCCN2)cn1. The van der Waals surface area contributed by atoms with Gasteiger partial charge in [-0.05, 0) is 18.1 Å². The molecule has 4 N–H and O–H groups in total.